The molecule has 1 aliphatic rings. The van der Waals surface area contributed by atoms with Crippen LogP contribution >= 0.6 is 0 Å². The lowest BCUT2D eigenvalue weighted by atomic mass is 10.1. The number of aromatic nitrogens is 3. The predicted octanol–water partition coefficient (Wildman–Crippen LogP) is 0.710. The minimum atomic E-state index is 0.195. The fraction of sp³-hybridized carbons (Fsp3) is 0.545. The second kappa shape index (κ2) is 3.66. The van der Waals surface area contributed by atoms with Crippen LogP contribution in [0.1, 0.15) is 12.6 Å². The second-order valence-corrected chi connectivity index (χ2v) is 4.69. The molecule has 0 spiro atoms. The molecule has 0 radical (unpaired) electrons. The molecule has 1 saturated heterocycles. The summed E-state index contributed by atoms with van der Waals surface area (Å²) >= 11 is 0. The Labute approximate surface area is 98.8 Å². The fourth-order valence-corrected chi connectivity index (χ4v) is 2.31. The van der Waals surface area contributed by atoms with Crippen LogP contribution in [0.2, 0.25) is 0 Å². The molecule has 0 aliphatic carbocycles. The summed E-state index contributed by atoms with van der Waals surface area (Å²) in [4.78, 5) is 10.6. The van der Waals surface area contributed by atoms with E-state index in [0.717, 1.165) is 30.0 Å². The van der Waals surface area contributed by atoms with Crippen LogP contribution in [0.3, 0.4) is 0 Å². The van der Waals surface area contributed by atoms with Crippen LogP contribution in [0.4, 0.5) is 5.82 Å². The van der Waals surface area contributed by atoms with E-state index >= 15 is 0 Å². The van der Waals surface area contributed by atoms with Gasteiger partial charge in [-0.15, -0.1) is 0 Å². The summed E-state index contributed by atoms with van der Waals surface area (Å²) in [5.74, 6) is 1.36. The molecule has 2 atom stereocenters. The zero-order valence-electron chi connectivity index (χ0n) is 9.92. The highest BCUT2D eigenvalue weighted by Gasteiger charge is 2.29. The lowest BCUT2D eigenvalue weighted by molar-refractivity contribution is 0.442. The molecule has 2 unspecified atom stereocenters. The van der Waals surface area contributed by atoms with E-state index in [2.05, 4.69) is 26.9 Å². The van der Waals surface area contributed by atoms with Crippen molar-refractivity contribution in [3.8, 4) is 0 Å². The number of aryl methyl sites for hydroxylation is 1. The van der Waals surface area contributed by atoms with Crippen LogP contribution in [0.5, 0.6) is 0 Å². The Balaban J connectivity index is 2.09. The van der Waals surface area contributed by atoms with Crippen molar-refractivity contribution in [3.63, 3.8) is 0 Å². The van der Waals surface area contributed by atoms with E-state index in [9.17, 15) is 0 Å². The highest BCUT2D eigenvalue weighted by atomic mass is 16.5. The highest BCUT2D eigenvalue weighted by molar-refractivity contribution is 5.88. The average Bonchev–Trinajstić information content (AvgIpc) is 2.84. The van der Waals surface area contributed by atoms with Gasteiger partial charge in [-0.05, 0) is 12.8 Å². The molecule has 0 amide bonds. The van der Waals surface area contributed by atoms with Gasteiger partial charge in [-0.3, -0.25) is 0 Å². The minimum Gasteiger partial charge on any atom is -0.354 e. The first-order valence-corrected chi connectivity index (χ1v) is 5.74. The van der Waals surface area contributed by atoms with Gasteiger partial charge in [0.25, 0.3) is 5.71 Å². The molecule has 6 nitrogen and oxygen atoms in total. The molecular formula is C11H15N5O. The van der Waals surface area contributed by atoms with Gasteiger partial charge in [0.15, 0.2) is 0 Å². The number of nitrogens with two attached hydrogens (primary N) is 1. The third-order valence-corrected chi connectivity index (χ3v) is 3.39. The van der Waals surface area contributed by atoms with E-state index in [4.69, 9.17) is 10.3 Å². The SMILES string of the molecule is Cc1noc2ncnc(N3CC(C)C(N)C3)c12. The second-order valence-electron chi connectivity index (χ2n) is 4.69. The van der Waals surface area contributed by atoms with Gasteiger partial charge in [-0.2, -0.15) is 4.98 Å². The first kappa shape index (κ1) is 10.5. The molecule has 0 bridgehead atoms. The topological polar surface area (TPSA) is 81.1 Å². The standard InChI is InChI=1S/C11H15N5O/c1-6-3-16(4-8(6)12)10-9-7(2)15-17-11(9)14-5-13-10/h5-6,8H,3-4,12H2,1-2H3. The largest absolute Gasteiger partial charge is 0.354 e. The van der Waals surface area contributed by atoms with Crippen molar-refractivity contribution in [3.05, 3.63) is 12.0 Å². The highest BCUT2D eigenvalue weighted by Crippen LogP contribution is 2.29. The number of hydrogen-bond acceptors (Lipinski definition) is 6. The Morgan fingerprint density at radius 1 is 1.41 bits per heavy atom. The van der Waals surface area contributed by atoms with Gasteiger partial charge in [-0.1, -0.05) is 12.1 Å². The maximum Gasteiger partial charge on any atom is 0.263 e. The quantitative estimate of drug-likeness (QED) is 0.781. The molecule has 1 aliphatic heterocycles. The van der Waals surface area contributed by atoms with Crippen LogP contribution in [-0.4, -0.2) is 34.3 Å². The molecule has 0 aromatic carbocycles. The summed E-state index contributed by atoms with van der Waals surface area (Å²) in [6.07, 6.45) is 1.51. The Hall–Kier alpha value is -1.69. The number of hydrogen-bond donors (Lipinski definition) is 1. The predicted molar refractivity (Wildman–Crippen MR) is 63.7 cm³/mol. The normalized spacial score (nSPS) is 24.8. The molecule has 3 rings (SSSR count). The van der Waals surface area contributed by atoms with Crippen LogP contribution in [0.25, 0.3) is 11.1 Å². The van der Waals surface area contributed by atoms with Gasteiger partial charge in [0.05, 0.1) is 5.69 Å². The van der Waals surface area contributed by atoms with Gasteiger partial charge in [0.2, 0.25) is 0 Å². The van der Waals surface area contributed by atoms with Gasteiger partial charge in [-0.25, -0.2) is 4.98 Å². The summed E-state index contributed by atoms with van der Waals surface area (Å²) in [7, 11) is 0. The molecule has 0 saturated carbocycles. The van der Waals surface area contributed by atoms with Crippen molar-refractivity contribution in [2.24, 2.45) is 11.7 Å². The molecule has 2 aromatic rings. The van der Waals surface area contributed by atoms with Crippen molar-refractivity contribution in [2.75, 3.05) is 18.0 Å². The van der Waals surface area contributed by atoms with E-state index in [0.29, 0.717) is 11.6 Å². The Kier molecular flexibility index (Phi) is 2.25. The molecule has 6 heteroatoms. The first-order chi connectivity index (χ1) is 8.16. The molecule has 3 heterocycles. The number of anilines is 1. The summed E-state index contributed by atoms with van der Waals surface area (Å²) in [6, 6.07) is 0.195. The van der Waals surface area contributed by atoms with Gasteiger partial charge < -0.3 is 15.2 Å². The first-order valence-electron chi connectivity index (χ1n) is 5.74. The van der Waals surface area contributed by atoms with Crippen LogP contribution in [0.15, 0.2) is 10.9 Å². The Morgan fingerprint density at radius 2 is 2.24 bits per heavy atom. The van der Waals surface area contributed by atoms with Crippen LogP contribution in [-0.2, 0) is 0 Å². The summed E-state index contributed by atoms with van der Waals surface area (Å²) in [6.45, 7) is 5.79. The maximum atomic E-state index is 6.04. The number of fused-ring (bicyclic) bond motifs is 1. The molecule has 17 heavy (non-hydrogen) atoms. The lowest BCUT2D eigenvalue weighted by Crippen LogP contribution is -2.28. The third-order valence-electron chi connectivity index (χ3n) is 3.39. The molecule has 2 aromatic heterocycles. The Morgan fingerprint density at radius 3 is 2.94 bits per heavy atom. The fourth-order valence-electron chi connectivity index (χ4n) is 2.31. The minimum absolute atomic E-state index is 0.195. The summed E-state index contributed by atoms with van der Waals surface area (Å²) < 4.78 is 5.14. The van der Waals surface area contributed by atoms with Gasteiger partial charge in [0, 0.05) is 19.1 Å². The summed E-state index contributed by atoms with van der Waals surface area (Å²) in [5.41, 5.74) is 7.40. The van der Waals surface area contributed by atoms with Crippen molar-refractivity contribution >= 4 is 16.9 Å². The van der Waals surface area contributed by atoms with Crippen molar-refractivity contribution < 1.29 is 4.52 Å². The zero-order valence-corrected chi connectivity index (χ0v) is 9.92. The third kappa shape index (κ3) is 1.56. The van der Waals surface area contributed by atoms with E-state index in [-0.39, 0.29) is 6.04 Å². The molecular weight excluding hydrogens is 218 g/mol. The monoisotopic (exact) mass is 233 g/mol. The van der Waals surface area contributed by atoms with E-state index in [1.807, 2.05) is 6.92 Å². The maximum absolute atomic E-state index is 6.04. The summed E-state index contributed by atoms with van der Waals surface area (Å²) in [5, 5.41) is 4.83. The van der Waals surface area contributed by atoms with Crippen molar-refractivity contribution in [1.29, 1.82) is 0 Å². The van der Waals surface area contributed by atoms with Gasteiger partial charge in [0.1, 0.15) is 17.5 Å². The smallest absolute Gasteiger partial charge is 0.263 e. The lowest BCUT2D eigenvalue weighted by Gasteiger charge is -2.17. The van der Waals surface area contributed by atoms with Crippen LogP contribution < -0.4 is 10.6 Å². The Bertz CT molecular complexity index is 542. The van der Waals surface area contributed by atoms with Crippen molar-refractivity contribution in [2.45, 2.75) is 19.9 Å². The molecule has 1 fully saturated rings. The average molecular weight is 233 g/mol. The van der Waals surface area contributed by atoms with E-state index < -0.39 is 0 Å². The zero-order chi connectivity index (χ0) is 12.0. The van der Waals surface area contributed by atoms with E-state index in [1.165, 1.54) is 6.33 Å². The van der Waals surface area contributed by atoms with Crippen molar-refractivity contribution in [1.82, 2.24) is 15.1 Å². The van der Waals surface area contributed by atoms with Crippen LogP contribution in [0, 0.1) is 12.8 Å². The number of nitrogens with zero attached hydrogens (tertiary/aromatic N) is 4. The molecule has 90 valence electrons. The van der Waals surface area contributed by atoms with Gasteiger partial charge >= 0.3 is 0 Å². The molecule has 2 N–H and O–H groups in total. The van der Waals surface area contributed by atoms with E-state index in [1.54, 1.807) is 0 Å². The number of rotatable bonds is 1.